The summed E-state index contributed by atoms with van der Waals surface area (Å²) in [7, 11) is 0. The Kier molecular flexibility index (Phi) is 5.88. The molecule has 5 nitrogen and oxygen atoms in total. The molecule has 0 unspecified atom stereocenters. The van der Waals surface area contributed by atoms with Crippen LogP contribution in [0.2, 0.25) is 0 Å². The predicted octanol–water partition coefficient (Wildman–Crippen LogP) is 7.20. The lowest BCUT2D eigenvalue weighted by Crippen LogP contribution is -2.11. The number of nitrogen functional groups attached to an aromatic ring is 1. The minimum Gasteiger partial charge on any atom is -0.384 e. The van der Waals surface area contributed by atoms with Crippen LogP contribution in [0, 0.1) is 28.1 Å². The largest absolute Gasteiger partial charge is 0.384 e. The molecule has 0 bridgehead atoms. The lowest BCUT2D eigenvalue weighted by molar-refractivity contribution is 0.868. The van der Waals surface area contributed by atoms with Gasteiger partial charge in [0.05, 0.1) is 23.3 Å². The van der Waals surface area contributed by atoms with E-state index in [-0.39, 0.29) is 5.84 Å². The molecule has 1 aromatic heterocycles. The van der Waals surface area contributed by atoms with Crippen LogP contribution in [0.3, 0.4) is 0 Å². The number of nitrogens with one attached hydrogen (secondary N) is 1. The number of hydrogen-bond donors (Lipinski definition) is 2. The number of nitrogens with two attached hydrogens (primary N) is 1. The Morgan fingerprint density at radius 1 is 0.641 bits per heavy atom. The third-order valence-corrected chi connectivity index (χ3v) is 7.09. The normalized spacial score (nSPS) is 10.8. The van der Waals surface area contributed by atoms with Gasteiger partial charge in [0.25, 0.3) is 0 Å². The van der Waals surface area contributed by atoms with Crippen LogP contribution in [0.4, 0.5) is 0 Å². The number of hydrogen-bond acceptors (Lipinski definition) is 3. The van der Waals surface area contributed by atoms with E-state index < -0.39 is 0 Å². The van der Waals surface area contributed by atoms with Crippen molar-refractivity contribution in [2.24, 2.45) is 5.73 Å². The summed E-state index contributed by atoms with van der Waals surface area (Å²) in [4.78, 5) is 0. The molecule has 0 radical (unpaired) electrons. The first-order valence-corrected chi connectivity index (χ1v) is 12.5. The minimum absolute atomic E-state index is 0.0487. The molecule has 39 heavy (non-hydrogen) atoms. The van der Waals surface area contributed by atoms with Gasteiger partial charge in [0, 0.05) is 33.9 Å². The first kappa shape index (κ1) is 23.7. The van der Waals surface area contributed by atoms with Gasteiger partial charge in [-0.1, -0.05) is 54.6 Å². The maximum atomic E-state index is 9.40. The highest BCUT2D eigenvalue weighted by Crippen LogP contribution is 2.36. The smallest absolute Gasteiger partial charge is 0.122 e. The Bertz CT molecular complexity index is 1880. The molecular weight excluding hydrogens is 478 g/mol. The van der Waals surface area contributed by atoms with Gasteiger partial charge in [0.1, 0.15) is 5.84 Å². The fourth-order valence-corrected chi connectivity index (χ4v) is 5.19. The van der Waals surface area contributed by atoms with E-state index in [1.165, 1.54) is 0 Å². The Hall–Kier alpha value is -5.65. The van der Waals surface area contributed by atoms with Crippen LogP contribution >= 0.6 is 0 Å². The predicted molar refractivity (Wildman–Crippen MR) is 156 cm³/mol. The first-order valence-electron chi connectivity index (χ1n) is 12.5. The van der Waals surface area contributed by atoms with E-state index in [0.29, 0.717) is 23.2 Å². The summed E-state index contributed by atoms with van der Waals surface area (Å²) >= 11 is 0. The summed E-state index contributed by atoms with van der Waals surface area (Å²) in [5.41, 5.74) is 15.0. The zero-order chi connectivity index (χ0) is 26.9. The number of rotatable bonds is 5. The van der Waals surface area contributed by atoms with Gasteiger partial charge in [0.15, 0.2) is 0 Å². The van der Waals surface area contributed by atoms with Crippen molar-refractivity contribution in [1.82, 2.24) is 4.57 Å². The minimum atomic E-state index is 0.0487. The van der Waals surface area contributed by atoms with Crippen molar-refractivity contribution in [2.75, 3.05) is 0 Å². The van der Waals surface area contributed by atoms with E-state index in [1.807, 2.05) is 72.8 Å². The summed E-state index contributed by atoms with van der Waals surface area (Å²) in [6.45, 7) is 0.619. The molecule has 6 rings (SSSR count). The van der Waals surface area contributed by atoms with Crippen LogP contribution < -0.4 is 5.73 Å². The topological polar surface area (TPSA) is 102 Å². The molecule has 5 heteroatoms. The molecule has 6 aromatic rings. The van der Waals surface area contributed by atoms with Crippen molar-refractivity contribution in [1.29, 1.82) is 15.9 Å². The van der Waals surface area contributed by atoms with E-state index in [2.05, 4.69) is 53.1 Å². The van der Waals surface area contributed by atoms with Gasteiger partial charge >= 0.3 is 0 Å². The highest BCUT2D eigenvalue weighted by Gasteiger charge is 2.14. The number of amidine groups is 1. The van der Waals surface area contributed by atoms with Crippen molar-refractivity contribution < 1.29 is 0 Å². The summed E-state index contributed by atoms with van der Waals surface area (Å²) in [5.74, 6) is 0.0487. The summed E-state index contributed by atoms with van der Waals surface area (Å²) in [6, 6.07) is 40.4. The van der Waals surface area contributed by atoms with Gasteiger partial charge in [-0.3, -0.25) is 5.41 Å². The molecule has 184 valence electrons. The Morgan fingerprint density at radius 3 is 1.67 bits per heavy atom. The molecule has 0 saturated heterocycles. The molecule has 3 N–H and O–H groups in total. The van der Waals surface area contributed by atoms with Gasteiger partial charge in [-0.15, -0.1) is 0 Å². The average molecular weight is 502 g/mol. The van der Waals surface area contributed by atoms with Crippen LogP contribution in [0.1, 0.15) is 22.3 Å². The van der Waals surface area contributed by atoms with Crippen molar-refractivity contribution in [3.63, 3.8) is 0 Å². The van der Waals surface area contributed by atoms with E-state index in [9.17, 15) is 10.5 Å². The standard InChI is InChI=1S/C34H23N5/c35-19-22-4-1-7-25(14-22)27-10-12-32-30(17-27)31-18-28(26-8-2-5-23(15-26)20-36)11-13-33(31)39(32)21-24-6-3-9-29(16-24)34(37)38/h1-18H,21H2,(H3,37,38). The molecule has 0 aliphatic rings. The molecule has 5 aromatic carbocycles. The SMILES string of the molecule is N#Cc1cccc(-c2ccc3c(c2)c2cc(-c4cccc(C#N)c4)ccc2n3Cc2cccc(C(=N)N)c2)c1. The maximum absolute atomic E-state index is 9.40. The highest BCUT2D eigenvalue weighted by molar-refractivity contribution is 6.10. The zero-order valence-electron chi connectivity index (χ0n) is 21.0. The molecule has 0 aliphatic heterocycles. The number of benzene rings is 5. The maximum Gasteiger partial charge on any atom is 0.122 e. The number of nitrogens with zero attached hydrogens (tertiary/aromatic N) is 3. The number of nitriles is 2. The Balaban J connectivity index is 1.57. The van der Waals surface area contributed by atoms with Crippen LogP contribution in [0.25, 0.3) is 44.1 Å². The second-order valence-corrected chi connectivity index (χ2v) is 9.55. The summed E-state index contributed by atoms with van der Waals surface area (Å²) in [6.07, 6.45) is 0. The van der Waals surface area contributed by atoms with E-state index in [1.54, 1.807) is 0 Å². The quantitative estimate of drug-likeness (QED) is 0.193. The lowest BCUT2D eigenvalue weighted by Gasteiger charge is -2.10. The van der Waals surface area contributed by atoms with Crippen molar-refractivity contribution in [3.05, 3.63) is 131 Å². The molecule has 0 amide bonds. The monoisotopic (exact) mass is 501 g/mol. The van der Waals surface area contributed by atoms with Crippen molar-refractivity contribution in [3.8, 4) is 34.4 Å². The highest BCUT2D eigenvalue weighted by atomic mass is 15.0. The summed E-state index contributed by atoms with van der Waals surface area (Å²) in [5, 5.41) is 28.9. The fourth-order valence-electron chi connectivity index (χ4n) is 5.19. The van der Waals surface area contributed by atoms with Crippen molar-refractivity contribution >= 4 is 27.6 Å². The third-order valence-electron chi connectivity index (χ3n) is 7.09. The molecule has 0 spiro atoms. The second-order valence-electron chi connectivity index (χ2n) is 9.55. The first-order chi connectivity index (χ1) is 19.0. The number of aromatic nitrogens is 1. The van der Waals surface area contributed by atoms with Crippen LogP contribution in [-0.2, 0) is 6.54 Å². The fraction of sp³-hybridized carbons (Fsp3) is 0.0294. The Labute approximate surface area is 226 Å². The third kappa shape index (κ3) is 4.39. The summed E-state index contributed by atoms with van der Waals surface area (Å²) < 4.78 is 2.29. The van der Waals surface area contributed by atoms with Gasteiger partial charge in [-0.05, 0) is 82.4 Å². The van der Waals surface area contributed by atoms with Crippen LogP contribution in [-0.4, -0.2) is 10.4 Å². The number of fused-ring (bicyclic) bond motifs is 3. The molecule has 0 saturated carbocycles. The molecular formula is C34H23N5. The van der Waals surface area contributed by atoms with E-state index in [4.69, 9.17) is 11.1 Å². The molecule has 1 heterocycles. The Morgan fingerprint density at radius 2 is 1.15 bits per heavy atom. The van der Waals surface area contributed by atoms with Gasteiger partial charge in [-0.25, -0.2) is 0 Å². The lowest BCUT2D eigenvalue weighted by atomic mass is 9.99. The van der Waals surface area contributed by atoms with Crippen LogP contribution in [0.15, 0.2) is 109 Å². The van der Waals surface area contributed by atoms with Gasteiger partial charge in [-0.2, -0.15) is 10.5 Å². The molecule has 0 aliphatic carbocycles. The van der Waals surface area contributed by atoms with E-state index >= 15 is 0 Å². The molecule has 0 fully saturated rings. The van der Waals surface area contributed by atoms with E-state index in [0.717, 1.165) is 49.6 Å². The molecule has 0 atom stereocenters. The van der Waals surface area contributed by atoms with Gasteiger partial charge in [0.2, 0.25) is 0 Å². The zero-order valence-corrected chi connectivity index (χ0v) is 21.0. The van der Waals surface area contributed by atoms with Crippen molar-refractivity contribution in [2.45, 2.75) is 6.54 Å². The van der Waals surface area contributed by atoms with Crippen LogP contribution in [0.5, 0.6) is 0 Å². The average Bonchev–Trinajstić information content (AvgIpc) is 3.29. The second kappa shape index (κ2) is 9.67. The van der Waals surface area contributed by atoms with Gasteiger partial charge < -0.3 is 10.3 Å².